The Balaban J connectivity index is 1.60. The van der Waals surface area contributed by atoms with Crippen molar-refractivity contribution in [3.05, 3.63) is 45.4 Å². The van der Waals surface area contributed by atoms with Gasteiger partial charge in [-0.1, -0.05) is 32.0 Å². The highest BCUT2D eigenvalue weighted by atomic mass is 32.1. The molecule has 2 bridgehead atoms. The predicted molar refractivity (Wildman–Crippen MR) is 133 cm³/mol. The number of aromatic nitrogens is 1. The topological polar surface area (TPSA) is 48.5 Å². The number of nitrogens with zero attached hydrogens (tertiary/aromatic N) is 3. The van der Waals surface area contributed by atoms with Crippen LogP contribution in [-0.2, 0) is 17.8 Å². The molecule has 1 aromatic carbocycles. The Morgan fingerprint density at radius 1 is 1.19 bits per heavy atom. The maximum Gasteiger partial charge on any atom is 0.228 e. The van der Waals surface area contributed by atoms with Crippen molar-refractivity contribution in [1.82, 2.24) is 14.8 Å². The van der Waals surface area contributed by atoms with Crippen molar-refractivity contribution < 1.29 is 4.79 Å². The van der Waals surface area contributed by atoms with E-state index in [1.165, 1.54) is 30.5 Å². The molecular formula is C26H38N4OS. The SMILES string of the molecule is Cc1nc(C)c(CC(=O)N2Cc3ccccc3NCC[C@H]3CC[C@@H](C2)N3CCC(C)C)s1. The van der Waals surface area contributed by atoms with Crippen molar-refractivity contribution in [3.63, 3.8) is 0 Å². The van der Waals surface area contributed by atoms with Crippen molar-refractivity contribution >= 4 is 22.9 Å². The molecule has 174 valence electrons. The smallest absolute Gasteiger partial charge is 0.228 e. The van der Waals surface area contributed by atoms with Gasteiger partial charge in [0.2, 0.25) is 5.91 Å². The summed E-state index contributed by atoms with van der Waals surface area (Å²) in [4.78, 5) is 24.1. The molecule has 2 aromatic rings. The zero-order valence-corrected chi connectivity index (χ0v) is 20.9. The van der Waals surface area contributed by atoms with E-state index >= 15 is 0 Å². The fourth-order valence-electron chi connectivity index (χ4n) is 5.20. The van der Waals surface area contributed by atoms with Crippen LogP contribution in [0.5, 0.6) is 0 Å². The third-order valence-corrected chi connectivity index (χ3v) is 8.08. The van der Waals surface area contributed by atoms with E-state index in [9.17, 15) is 4.79 Å². The van der Waals surface area contributed by atoms with Crippen molar-refractivity contribution in [2.24, 2.45) is 5.92 Å². The number of amides is 1. The first-order chi connectivity index (χ1) is 15.4. The molecule has 4 rings (SSSR count). The molecule has 0 radical (unpaired) electrons. The Morgan fingerprint density at radius 3 is 2.72 bits per heavy atom. The Labute approximate surface area is 197 Å². The van der Waals surface area contributed by atoms with Gasteiger partial charge in [0.05, 0.1) is 17.1 Å². The Morgan fingerprint density at radius 2 is 1.97 bits per heavy atom. The van der Waals surface area contributed by atoms with E-state index in [-0.39, 0.29) is 5.91 Å². The lowest BCUT2D eigenvalue weighted by atomic mass is 10.1. The highest BCUT2D eigenvalue weighted by Crippen LogP contribution is 2.30. The molecule has 2 atom stereocenters. The number of anilines is 1. The van der Waals surface area contributed by atoms with Crippen LogP contribution in [0.3, 0.4) is 0 Å². The molecule has 1 fully saturated rings. The quantitative estimate of drug-likeness (QED) is 0.689. The summed E-state index contributed by atoms with van der Waals surface area (Å²) < 4.78 is 0. The molecule has 2 aliphatic heterocycles. The number of thiazole rings is 1. The molecule has 0 spiro atoms. The minimum Gasteiger partial charge on any atom is -0.385 e. The molecular weight excluding hydrogens is 416 g/mol. The fraction of sp³-hybridized carbons (Fsp3) is 0.615. The first kappa shape index (κ1) is 23.2. The number of carbonyl (C=O) groups is 1. The second kappa shape index (κ2) is 10.3. The van der Waals surface area contributed by atoms with E-state index in [0.717, 1.165) is 41.6 Å². The van der Waals surface area contributed by atoms with E-state index in [0.29, 0.717) is 31.0 Å². The second-order valence-corrected chi connectivity index (χ2v) is 11.2. The predicted octanol–water partition coefficient (Wildman–Crippen LogP) is 5.03. The van der Waals surface area contributed by atoms with Gasteiger partial charge in [-0.05, 0) is 63.6 Å². The van der Waals surface area contributed by atoms with Crippen LogP contribution in [0.15, 0.2) is 24.3 Å². The molecule has 1 saturated heterocycles. The van der Waals surface area contributed by atoms with Gasteiger partial charge in [0, 0.05) is 42.3 Å². The standard InChI is InChI=1S/C26H38N4OS/c1-18(2)12-14-30-22-9-10-23(30)17-29(26(31)15-25-19(3)28-20(4)32-25)16-21-7-5-6-8-24(21)27-13-11-22/h5-8,18,22-23,27H,9-17H2,1-4H3/t22-,23+/m1/s1. The summed E-state index contributed by atoms with van der Waals surface area (Å²) in [6.45, 7) is 12.3. The molecule has 2 aliphatic rings. The first-order valence-corrected chi connectivity index (χ1v) is 13.0. The number of para-hydroxylation sites is 1. The van der Waals surface area contributed by atoms with Gasteiger partial charge in [0.15, 0.2) is 0 Å². The summed E-state index contributed by atoms with van der Waals surface area (Å²) >= 11 is 1.66. The van der Waals surface area contributed by atoms with Crippen molar-refractivity contribution in [2.45, 2.75) is 78.4 Å². The number of aryl methyl sites for hydroxylation is 2. The summed E-state index contributed by atoms with van der Waals surface area (Å²) in [7, 11) is 0. The summed E-state index contributed by atoms with van der Waals surface area (Å²) in [6.07, 6.45) is 5.26. The van der Waals surface area contributed by atoms with Crippen molar-refractivity contribution in [3.8, 4) is 0 Å². The monoisotopic (exact) mass is 454 g/mol. The van der Waals surface area contributed by atoms with Gasteiger partial charge in [0.1, 0.15) is 0 Å². The normalized spacial score (nSPS) is 21.8. The molecule has 1 N–H and O–H groups in total. The van der Waals surface area contributed by atoms with Crippen LogP contribution in [0.2, 0.25) is 0 Å². The maximum atomic E-state index is 13.6. The number of nitrogens with one attached hydrogen (secondary N) is 1. The molecule has 6 heteroatoms. The average Bonchev–Trinajstić information content (AvgIpc) is 3.26. The molecule has 3 heterocycles. The first-order valence-electron chi connectivity index (χ1n) is 12.2. The second-order valence-electron chi connectivity index (χ2n) is 9.87. The van der Waals surface area contributed by atoms with Gasteiger partial charge < -0.3 is 10.2 Å². The fourth-order valence-corrected chi connectivity index (χ4v) is 6.13. The van der Waals surface area contributed by atoms with Crippen LogP contribution >= 0.6 is 11.3 Å². The Hall–Kier alpha value is -1.92. The molecule has 32 heavy (non-hydrogen) atoms. The zero-order chi connectivity index (χ0) is 22.7. The van der Waals surface area contributed by atoms with Crippen LogP contribution in [0, 0.1) is 19.8 Å². The van der Waals surface area contributed by atoms with Gasteiger partial charge >= 0.3 is 0 Å². The van der Waals surface area contributed by atoms with Gasteiger partial charge in [0.25, 0.3) is 0 Å². The number of carbonyl (C=O) groups excluding carboxylic acids is 1. The summed E-state index contributed by atoms with van der Waals surface area (Å²) in [5.41, 5.74) is 3.38. The largest absolute Gasteiger partial charge is 0.385 e. The molecule has 0 unspecified atom stereocenters. The minimum atomic E-state index is 0.220. The Bertz CT molecular complexity index is 924. The van der Waals surface area contributed by atoms with Crippen LogP contribution in [0.25, 0.3) is 0 Å². The summed E-state index contributed by atoms with van der Waals surface area (Å²) in [6, 6.07) is 9.55. The lowest BCUT2D eigenvalue weighted by Gasteiger charge is -2.34. The number of hydrogen-bond acceptors (Lipinski definition) is 5. The van der Waals surface area contributed by atoms with Crippen molar-refractivity contribution in [2.75, 3.05) is 25.0 Å². The zero-order valence-electron chi connectivity index (χ0n) is 20.1. The number of rotatable bonds is 5. The average molecular weight is 455 g/mol. The third kappa shape index (κ3) is 5.52. The van der Waals surface area contributed by atoms with Crippen LogP contribution < -0.4 is 5.32 Å². The van der Waals surface area contributed by atoms with Crippen LogP contribution in [-0.4, -0.2) is 52.4 Å². The molecule has 0 aliphatic carbocycles. The highest BCUT2D eigenvalue weighted by molar-refractivity contribution is 7.11. The van der Waals surface area contributed by atoms with Gasteiger partial charge in [-0.3, -0.25) is 9.69 Å². The highest BCUT2D eigenvalue weighted by Gasteiger charge is 2.35. The summed E-state index contributed by atoms with van der Waals surface area (Å²) in [5.74, 6) is 0.920. The van der Waals surface area contributed by atoms with E-state index in [1.807, 2.05) is 13.8 Å². The minimum absolute atomic E-state index is 0.220. The number of hydrogen-bond donors (Lipinski definition) is 1. The lowest BCUT2D eigenvalue weighted by Crippen LogP contribution is -2.46. The van der Waals surface area contributed by atoms with Gasteiger partial charge in [-0.15, -0.1) is 11.3 Å². The number of benzene rings is 1. The van der Waals surface area contributed by atoms with Crippen LogP contribution in [0.1, 0.15) is 60.7 Å². The van der Waals surface area contributed by atoms with E-state index < -0.39 is 0 Å². The molecule has 5 nitrogen and oxygen atoms in total. The van der Waals surface area contributed by atoms with E-state index in [2.05, 4.69) is 58.2 Å². The number of fused-ring (bicyclic) bond motifs is 3. The van der Waals surface area contributed by atoms with E-state index in [1.54, 1.807) is 11.3 Å². The maximum absolute atomic E-state index is 13.6. The van der Waals surface area contributed by atoms with Gasteiger partial charge in [-0.25, -0.2) is 4.98 Å². The molecule has 1 aromatic heterocycles. The van der Waals surface area contributed by atoms with Crippen LogP contribution in [0.4, 0.5) is 5.69 Å². The summed E-state index contributed by atoms with van der Waals surface area (Å²) in [5, 5.41) is 4.72. The van der Waals surface area contributed by atoms with Gasteiger partial charge in [-0.2, -0.15) is 0 Å². The molecule has 1 amide bonds. The Kier molecular flexibility index (Phi) is 7.51. The molecule has 0 saturated carbocycles. The third-order valence-electron chi connectivity index (χ3n) is 7.00. The van der Waals surface area contributed by atoms with Crippen molar-refractivity contribution in [1.29, 1.82) is 0 Å². The van der Waals surface area contributed by atoms with E-state index in [4.69, 9.17) is 0 Å². The lowest BCUT2D eigenvalue weighted by molar-refractivity contribution is -0.131.